The minimum atomic E-state index is -1.28. The molecule has 5 heteroatoms. The Labute approximate surface area is 193 Å². The number of carbonyl (C=O) groups excluding carboxylic acids is 1. The van der Waals surface area contributed by atoms with Crippen molar-refractivity contribution < 1.29 is 19.4 Å². The van der Waals surface area contributed by atoms with Gasteiger partial charge in [0.25, 0.3) is 0 Å². The van der Waals surface area contributed by atoms with E-state index in [1.807, 2.05) is 42.5 Å². The quantitative estimate of drug-likeness (QED) is 0.532. The Morgan fingerprint density at radius 2 is 1.39 bits per heavy atom. The second-order valence-corrected chi connectivity index (χ2v) is 9.02. The second kappa shape index (κ2) is 8.74. The highest BCUT2D eigenvalue weighted by molar-refractivity contribution is 5.85. The number of alkyl carbamates (subject to hydrolysis) is 1. The van der Waals surface area contributed by atoms with Crippen LogP contribution in [-0.4, -0.2) is 29.3 Å². The van der Waals surface area contributed by atoms with Crippen molar-refractivity contribution >= 4 is 12.1 Å². The summed E-state index contributed by atoms with van der Waals surface area (Å²) in [5, 5.41) is 12.7. The van der Waals surface area contributed by atoms with Crippen molar-refractivity contribution in [2.24, 2.45) is 0 Å². The van der Waals surface area contributed by atoms with Gasteiger partial charge in [0.2, 0.25) is 0 Å². The van der Waals surface area contributed by atoms with E-state index in [1.54, 1.807) is 0 Å². The highest BCUT2D eigenvalue weighted by Gasteiger charge is 2.44. The molecule has 2 aliphatic carbocycles. The van der Waals surface area contributed by atoms with Gasteiger partial charge in [0, 0.05) is 5.92 Å². The zero-order valence-corrected chi connectivity index (χ0v) is 18.4. The molecule has 3 aromatic rings. The van der Waals surface area contributed by atoms with Gasteiger partial charge >= 0.3 is 12.1 Å². The van der Waals surface area contributed by atoms with E-state index in [-0.39, 0.29) is 12.5 Å². The fraction of sp³-hybridized carbons (Fsp3) is 0.286. The lowest BCUT2D eigenvalue weighted by Gasteiger charge is -2.37. The first-order valence-corrected chi connectivity index (χ1v) is 11.5. The highest BCUT2D eigenvalue weighted by Crippen LogP contribution is 2.44. The molecule has 0 atom stereocenters. The lowest BCUT2D eigenvalue weighted by Crippen LogP contribution is -2.56. The molecule has 0 aromatic heterocycles. The van der Waals surface area contributed by atoms with Crippen LogP contribution < -0.4 is 5.32 Å². The topological polar surface area (TPSA) is 75.6 Å². The smallest absolute Gasteiger partial charge is 0.408 e. The molecule has 1 amide bonds. The zero-order valence-electron chi connectivity index (χ0n) is 18.4. The van der Waals surface area contributed by atoms with Crippen LogP contribution >= 0.6 is 0 Å². The summed E-state index contributed by atoms with van der Waals surface area (Å²) in [5.74, 6) is -0.747. The van der Waals surface area contributed by atoms with Gasteiger partial charge in [0.15, 0.2) is 0 Å². The van der Waals surface area contributed by atoms with Crippen molar-refractivity contribution in [3.63, 3.8) is 0 Å². The van der Waals surface area contributed by atoms with Gasteiger partial charge in [-0.3, -0.25) is 0 Å². The largest absolute Gasteiger partial charge is 0.480 e. The summed E-state index contributed by atoms with van der Waals surface area (Å²) >= 11 is 0. The first kappa shape index (κ1) is 21.3. The van der Waals surface area contributed by atoms with Crippen LogP contribution in [0.3, 0.4) is 0 Å². The monoisotopic (exact) mass is 441 g/mol. The maximum atomic E-state index is 12.8. The number of nitrogens with one attached hydrogen (secondary N) is 1. The maximum Gasteiger partial charge on any atom is 0.408 e. The normalized spacial score (nSPS) is 21.6. The van der Waals surface area contributed by atoms with Gasteiger partial charge in [0.05, 0.1) is 0 Å². The number of fused-ring (bicyclic) bond motifs is 3. The minimum Gasteiger partial charge on any atom is -0.480 e. The van der Waals surface area contributed by atoms with Gasteiger partial charge in [-0.25, -0.2) is 9.59 Å². The van der Waals surface area contributed by atoms with E-state index in [4.69, 9.17) is 4.74 Å². The number of ether oxygens (including phenoxy) is 1. The second-order valence-electron chi connectivity index (χ2n) is 9.02. The third-order valence-corrected chi connectivity index (χ3v) is 7.20. The number of hydrogen-bond acceptors (Lipinski definition) is 3. The van der Waals surface area contributed by atoms with Gasteiger partial charge in [0.1, 0.15) is 12.1 Å². The van der Waals surface area contributed by atoms with E-state index < -0.39 is 17.6 Å². The summed E-state index contributed by atoms with van der Waals surface area (Å²) in [4.78, 5) is 24.9. The van der Waals surface area contributed by atoms with Crippen LogP contribution in [0.2, 0.25) is 0 Å². The summed E-state index contributed by atoms with van der Waals surface area (Å²) in [6.07, 6.45) is 1.51. The van der Waals surface area contributed by atoms with E-state index in [9.17, 15) is 14.7 Å². The average Bonchev–Trinajstić information content (AvgIpc) is 3.17. The number of amides is 1. The van der Waals surface area contributed by atoms with Crippen LogP contribution in [0.15, 0.2) is 78.9 Å². The molecular weight excluding hydrogens is 414 g/mol. The fourth-order valence-electron chi connectivity index (χ4n) is 5.39. The number of carboxylic acid groups (broad SMARTS) is 1. The summed E-state index contributed by atoms with van der Waals surface area (Å²) in [6.45, 7) is 0.169. The fourth-order valence-corrected chi connectivity index (χ4v) is 5.39. The Bertz CT molecular complexity index is 1120. The SMILES string of the molecule is O=C(N[C@]1(C(=O)O)CC[C@H](c2ccccc2)CC1)OCC1c2ccccc2-c2ccccc21. The molecule has 0 radical (unpaired) electrons. The van der Waals surface area contributed by atoms with E-state index in [0.29, 0.717) is 31.6 Å². The number of rotatable bonds is 5. The maximum absolute atomic E-state index is 12.8. The summed E-state index contributed by atoms with van der Waals surface area (Å²) in [5.41, 5.74) is 4.50. The van der Waals surface area contributed by atoms with Crippen molar-refractivity contribution in [3.05, 3.63) is 95.6 Å². The molecular formula is C28H27NO4. The van der Waals surface area contributed by atoms with Crippen molar-refractivity contribution in [1.82, 2.24) is 5.32 Å². The van der Waals surface area contributed by atoms with Crippen molar-refractivity contribution in [2.45, 2.75) is 43.1 Å². The molecule has 1 fully saturated rings. The lowest BCUT2D eigenvalue weighted by atomic mass is 9.74. The van der Waals surface area contributed by atoms with Gasteiger partial charge in [-0.15, -0.1) is 0 Å². The van der Waals surface area contributed by atoms with E-state index in [0.717, 1.165) is 22.3 Å². The number of benzene rings is 3. The van der Waals surface area contributed by atoms with Gasteiger partial charge in [-0.1, -0.05) is 78.9 Å². The number of hydrogen-bond donors (Lipinski definition) is 2. The molecule has 0 aliphatic heterocycles. The van der Waals surface area contributed by atoms with Crippen LogP contribution in [-0.2, 0) is 9.53 Å². The van der Waals surface area contributed by atoms with Crippen molar-refractivity contribution in [3.8, 4) is 11.1 Å². The van der Waals surface area contributed by atoms with E-state index in [1.165, 1.54) is 5.56 Å². The van der Waals surface area contributed by atoms with E-state index >= 15 is 0 Å². The molecule has 0 heterocycles. The first-order chi connectivity index (χ1) is 16.1. The van der Waals surface area contributed by atoms with Crippen molar-refractivity contribution in [2.75, 3.05) is 6.61 Å². The highest BCUT2D eigenvalue weighted by atomic mass is 16.5. The Morgan fingerprint density at radius 1 is 0.848 bits per heavy atom. The zero-order chi connectivity index (χ0) is 22.8. The molecule has 0 unspecified atom stereocenters. The standard InChI is InChI=1S/C28H27NO4/c30-26(31)28(16-14-20(15-17-28)19-8-2-1-3-9-19)29-27(32)33-18-25-23-12-6-4-10-21(23)22-11-5-7-13-24(22)25/h1-13,20,25H,14-18H2,(H,29,32)(H,30,31)/t20-,28+. The van der Waals surface area contributed by atoms with Crippen LogP contribution in [0.25, 0.3) is 11.1 Å². The molecule has 0 spiro atoms. The first-order valence-electron chi connectivity index (χ1n) is 11.5. The van der Waals surface area contributed by atoms with Crippen LogP contribution in [0.5, 0.6) is 0 Å². The van der Waals surface area contributed by atoms with Crippen LogP contribution in [0.4, 0.5) is 4.79 Å². The Balaban J connectivity index is 1.25. The molecule has 1 saturated carbocycles. The molecule has 5 rings (SSSR count). The van der Waals surface area contributed by atoms with Gasteiger partial charge in [-0.05, 0) is 59.4 Å². The summed E-state index contributed by atoms with van der Waals surface area (Å²) in [7, 11) is 0. The molecule has 2 N–H and O–H groups in total. The third kappa shape index (κ3) is 3.99. The third-order valence-electron chi connectivity index (χ3n) is 7.20. The van der Waals surface area contributed by atoms with Crippen LogP contribution in [0.1, 0.15) is 54.2 Å². The Morgan fingerprint density at radius 3 is 1.97 bits per heavy atom. The summed E-state index contributed by atoms with van der Waals surface area (Å²) < 4.78 is 5.62. The van der Waals surface area contributed by atoms with Gasteiger partial charge < -0.3 is 15.2 Å². The predicted octanol–water partition coefficient (Wildman–Crippen LogP) is 5.71. The predicted molar refractivity (Wildman–Crippen MR) is 126 cm³/mol. The average molecular weight is 442 g/mol. The Kier molecular flexibility index (Phi) is 5.63. The number of aliphatic carboxylic acids is 1. The lowest BCUT2D eigenvalue weighted by molar-refractivity contribution is -0.146. The molecule has 33 heavy (non-hydrogen) atoms. The number of carboxylic acids is 1. The molecule has 3 aromatic carbocycles. The molecule has 0 bridgehead atoms. The molecule has 0 saturated heterocycles. The molecule has 168 valence electrons. The molecule has 5 nitrogen and oxygen atoms in total. The number of carbonyl (C=O) groups is 2. The summed E-state index contributed by atoms with van der Waals surface area (Å²) in [6, 6.07) is 26.4. The van der Waals surface area contributed by atoms with Gasteiger partial charge in [-0.2, -0.15) is 0 Å². The van der Waals surface area contributed by atoms with Crippen LogP contribution in [0, 0.1) is 0 Å². The molecule has 2 aliphatic rings. The minimum absolute atomic E-state index is 0.0576. The Hall–Kier alpha value is -3.60. The van der Waals surface area contributed by atoms with Crippen molar-refractivity contribution in [1.29, 1.82) is 0 Å². The van der Waals surface area contributed by atoms with E-state index in [2.05, 4.69) is 41.7 Å².